The topological polar surface area (TPSA) is 247 Å². The van der Waals surface area contributed by atoms with Crippen molar-refractivity contribution >= 4 is 52.1 Å². The van der Waals surface area contributed by atoms with E-state index < -0.39 is 23.6 Å². The number of anilines is 2. The van der Waals surface area contributed by atoms with E-state index >= 15 is 0 Å². The average molecular weight is 892 g/mol. The van der Waals surface area contributed by atoms with Crippen molar-refractivity contribution in [3.05, 3.63) is 88.0 Å². The van der Waals surface area contributed by atoms with Gasteiger partial charge in [-0.25, -0.2) is 4.98 Å². The molecule has 20 nitrogen and oxygen atoms in total. The van der Waals surface area contributed by atoms with Crippen LogP contribution in [0, 0.1) is 13.8 Å². The van der Waals surface area contributed by atoms with E-state index in [4.69, 9.17) is 25.9 Å². The Morgan fingerprint density at radius 1 is 0.831 bits per heavy atom. The number of rotatable bonds is 19. The number of carbonyl (C=O) groups is 4. The van der Waals surface area contributed by atoms with Gasteiger partial charge in [-0.15, -0.1) is 0 Å². The Kier molecular flexibility index (Phi) is 14.4. The third kappa shape index (κ3) is 10.2. The van der Waals surface area contributed by atoms with E-state index in [1.807, 2.05) is 44.7 Å². The van der Waals surface area contributed by atoms with Crippen molar-refractivity contribution in [2.75, 3.05) is 76.4 Å². The Bertz CT molecular complexity index is 2650. The van der Waals surface area contributed by atoms with Crippen LogP contribution in [0.2, 0.25) is 0 Å². The molecule has 2 aliphatic heterocycles. The van der Waals surface area contributed by atoms with E-state index in [0.717, 1.165) is 44.7 Å². The number of amidine groups is 1. The lowest BCUT2D eigenvalue weighted by Crippen LogP contribution is -2.47. The minimum atomic E-state index is -0.664. The van der Waals surface area contributed by atoms with E-state index in [9.17, 15) is 24.3 Å². The molecule has 0 bridgehead atoms. The number of nitrogens with one attached hydrogen (secondary N) is 1. The molecule has 0 spiro atoms. The lowest BCUT2D eigenvalue weighted by molar-refractivity contribution is 0.0986. The number of benzene rings is 2. The SMILES string of the molecule is CCn1nc(C)cc1C(=O)N=C1Cc2cc(C(N)=O)cc(OCCCN3CCN(CCO)CC3)c2N1C/C=C/Cn1c(NC(=O)c2cc(C)nn2CC)nc2cc(C(N)=O)cc(OC)c21. The van der Waals surface area contributed by atoms with Gasteiger partial charge >= 0.3 is 0 Å². The zero-order valence-corrected chi connectivity index (χ0v) is 37.5. The second-order valence-electron chi connectivity index (χ2n) is 15.9. The molecule has 4 amide bonds. The van der Waals surface area contributed by atoms with Crippen LogP contribution in [0.4, 0.5) is 11.6 Å². The summed E-state index contributed by atoms with van der Waals surface area (Å²) < 4.78 is 17.2. The molecule has 5 aromatic rings. The second-order valence-corrected chi connectivity index (χ2v) is 15.9. The van der Waals surface area contributed by atoms with Crippen molar-refractivity contribution in [2.24, 2.45) is 16.5 Å². The average Bonchev–Trinajstić information content (AvgIpc) is 4.06. The van der Waals surface area contributed by atoms with E-state index in [1.165, 1.54) is 13.2 Å². The molecule has 344 valence electrons. The van der Waals surface area contributed by atoms with E-state index in [1.54, 1.807) is 44.3 Å². The van der Waals surface area contributed by atoms with E-state index in [2.05, 4.69) is 30.3 Å². The molecule has 0 radical (unpaired) electrons. The van der Waals surface area contributed by atoms with Gasteiger partial charge in [0.2, 0.25) is 17.8 Å². The maximum absolute atomic E-state index is 13.9. The van der Waals surface area contributed by atoms with Gasteiger partial charge in [-0.3, -0.25) is 38.8 Å². The summed E-state index contributed by atoms with van der Waals surface area (Å²) in [6, 6.07) is 9.83. The molecule has 5 heterocycles. The van der Waals surface area contributed by atoms with Crippen molar-refractivity contribution in [3.63, 3.8) is 0 Å². The summed E-state index contributed by atoms with van der Waals surface area (Å²) in [4.78, 5) is 68.4. The van der Waals surface area contributed by atoms with Gasteiger partial charge < -0.3 is 40.4 Å². The number of fused-ring (bicyclic) bond motifs is 2. The van der Waals surface area contributed by atoms with Crippen LogP contribution in [0.5, 0.6) is 11.5 Å². The molecular formula is C45H57N13O7. The summed E-state index contributed by atoms with van der Waals surface area (Å²) in [5.74, 6) is -0.775. The van der Waals surface area contributed by atoms with E-state index in [0.29, 0.717) is 83.1 Å². The number of methoxy groups -OCH3 is 1. The number of nitrogens with zero attached hydrogens (tertiary/aromatic N) is 10. The Hall–Kier alpha value is -6.90. The first-order chi connectivity index (χ1) is 31.3. The molecule has 20 heteroatoms. The van der Waals surface area contributed by atoms with Gasteiger partial charge in [0.1, 0.15) is 34.2 Å². The van der Waals surface area contributed by atoms with E-state index in [-0.39, 0.29) is 43.2 Å². The molecule has 1 saturated heterocycles. The fraction of sp³-hybridized carbons (Fsp3) is 0.422. The minimum absolute atomic E-state index is 0.143. The minimum Gasteiger partial charge on any atom is -0.494 e. The number of aromatic nitrogens is 6. The van der Waals surface area contributed by atoms with Gasteiger partial charge in [-0.05, 0) is 76.1 Å². The van der Waals surface area contributed by atoms with Crippen LogP contribution in [0.25, 0.3) is 11.0 Å². The zero-order chi connectivity index (χ0) is 46.4. The summed E-state index contributed by atoms with van der Waals surface area (Å²) in [6.45, 7) is 14.3. The predicted octanol–water partition coefficient (Wildman–Crippen LogP) is 2.78. The van der Waals surface area contributed by atoms with Crippen LogP contribution < -0.4 is 31.2 Å². The lowest BCUT2D eigenvalue weighted by atomic mass is 10.1. The smallest absolute Gasteiger partial charge is 0.296 e. The molecule has 0 aliphatic carbocycles. The number of allylic oxidation sites excluding steroid dienone is 1. The molecule has 6 N–H and O–H groups in total. The van der Waals surface area contributed by atoms with Gasteiger partial charge in [-0.2, -0.15) is 15.2 Å². The van der Waals surface area contributed by atoms with Crippen LogP contribution in [0.15, 0.2) is 53.5 Å². The molecular weight excluding hydrogens is 835 g/mol. The van der Waals surface area contributed by atoms with Crippen molar-refractivity contribution < 1.29 is 33.8 Å². The number of ether oxygens (including phenoxy) is 2. The van der Waals surface area contributed by atoms with Gasteiger partial charge in [0, 0.05) is 83.0 Å². The summed E-state index contributed by atoms with van der Waals surface area (Å²) in [6.07, 6.45) is 4.72. The van der Waals surface area contributed by atoms with Crippen LogP contribution in [-0.2, 0) is 26.1 Å². The molecule has 0 saturated carbocycles. The number of imidazole rings is 1. The Balaban J connectivity index is 1.20. The molecule has 7 rings (SSSR count). The predicted molar refractivity (Wildman–Crippen MR) is 245 cm³/mol. The van der Waals surface area contributed by atoms with Crippen LogP contribution in [0.1, 0.15) is 78.9 Å². The van der Waals surface area contributed by atoms with Crippen molar-refractivity contribution in [1.82, 2.24) is 38.9 Å². The number of hydrogen-bond acceptors (Lipinski definition) is 12. The summed E-state index contributed by atoms with van der Waals surface area (Å²) in [5.41, 5.74) is 16.3. The largest absolute Gasteiger partial charge is 0.494 e. The van der Waals surface area contributed by atoms with Gasteiger partial charge in [-0.1, -0.05) is 12.2 Å². The first-order valence-corrected chi connectivity index (χ1v) is 21.8. The number of primary amides is 2. The number of amides is 4. The first-order valence-electron chi connectivity index (χ1n) is 21.8. The highest BCUT2D eigenvalue weighted by Gasteiger charge is 2.32. The highest BCUT2D eigenvalue weighted by atomic mass is 16.5. The van der Waals surface area contributed by atoms with Gasteiger partial charge in [0.25, 0.3) is 11.8 Å². The number of hydrogen-bond donors (Lipinski definition) is 4. The number of piperazine rings is 1. The molecule has 1 fully saturated rings. The van der Waals surface area contributed by atoms with Crippen molar-refractivity contribution in [2.45, 2.75) is 60.2 Å². The normalized spacial score (nSPS) is 15.0. The highest BCUT2D eigenvalue weighted by Crippen LogP contribution is 2.40. The quantitative estimate of drug-likeness (QED) is 0.0689. The first kappa shape index (κ1) is 46.1. The monoisotopic (exact) mass is 891 g/mol. The third-order valence-corrected chi connectivity index (χ3v) is 11.5. The second kappa shape index (κ2) is 20.3. The summed E-state index contributed by atoms with van der Waals surface area (Å²) in [7, 11) is 1.47. The third-order valence-electron chi connectivity index (χ3n) is 11.5. The number of aryl methyl sites for hydroxylation is 4. The van der Waals surface area contributed by atoms with Crippen LogP contribution >= 0.6 is 0 Å². The molecule has 0 unspecified atom stereocenters. The summed E-state index contributed by atoms with van der Waals surface area (Å²) in [5, 5.41) is 21.1. The maximum Gasteiger partial charge on any atom is 0.296 e. The van der Waals surface area contributed by atoms with Gasteiger partial charge in [0.05, 0.1) is 42.9 Å². The molecule has 2 aromatic carbocycles. The standard InChI is InChI=1S/C45H57N13O7/c1-6-57-34(21-28(3)51-57)43(62)49-38-27-30-23-31(41(46)60)26-37(65-20-10-11-53-14-16-54(17-15-53)18-19-59)39(30)55(38)12-8-9-13-56-40-33(24-32(42(47)61)25-36(40)64-5)48-45(56)50-44(63)35-22-29(4)52-58(35)7-2/h8-9,21-26,59H,6-7,10-20,27H2,1-5H3,(H2,46,60)(H2,47,61)(H,48,50,63)/b9-8+,49-38?. The number of β-amino-alcohol motifs (C(OH)–C–C–N with tert-alkyl or cyclic N) is 1. The number of aliphatic hydroxyl groups is 1. The Labute approximate surface area is 376 Å². The highest BCUT2D eigenvalue weighted by molar-refractivity contribution is 6.14. The molecule has 65 heavy (non-hydrogen) atoms. The van der Waals surface area contributed by atoms with Gasteiger partial charge in [0.15, 0.2) is 0 Å². The fourth-order valence-electron chi connectivity index (χ4n) is 8.33. The number of aliphatic hydroxyl groups excluding tert-OH is 1. The maximum atomic E-state index is 13.9. The number of carbonyl (C=O) groups excluding carboxylic acids is 4. The lowest BCUT2D eigenvalue weighted by Gasteiger charge is -2.34. The van der Waals surface area contributed by atoms with Crippen molar-refractivity contribution in [1.29, 1.82) is 0 Å². The zero-order valence-electron chi connectivity index (χ0n) is 37.5. The Morgan fingerprint density at radius 2 is 1.45 bits per heavy atom. The number of aliphatic imine (C=N–C) groups is 1. The summed E-state index contributed by atoms with van der Waals surface area (Å²) >= 11 is 0. The fourth-order valence-corrected chi connectivity index (χ4v) is 8.33. The molecule has 2 aliphatic rings. The van der Waals surface area contributed by atoms with Crippen molar-refractivity contribution in [3.8, 4) is 11.5 Å². The Morgan fingerprint density at radius 3 is 2.09 bits per heavy atom. The van der Waals surface area contributed by atoms with Crippen LogP contribution in [0.3, 0.4) is 0 Å². The molecule has 0 atom stereocenters. The molecule has 3 aromatic heterocycles. The van der Waals surface area contributed by atoms with Crippen LogP contribution in [-0.4, -0.2) is 140 Å². The number of nitrogens with two attached hydrogens (primary N) is 2.